The number of primary amides is 1. The lowest BCUT2D eigenvalue weighted by molar-refractivity contribution is -0.115. The van der Waals surface area contributed by atoms with E-state index in [1.165, 1.54) is 11.8 Å². The third kappa shape index (κ3) is 3.16. The second kappa shape index (κ2) is 4.39. The Balaban J connectivity index is 2.75. The summed E-state index contributed by atoms with van der Waals surface area (Å²) in [6, 6.07) is 5.12. The zero-order valence-electron chi connectivity index (χ0n) is 6.79. The molecule has 70 valence electrons. The lowest BCUT2D eigenvalue weighted by atomic mass is 10.3. The van der Waals surface area contributed by atoms with Crippen molar-refractivity contribution in [2.75, 3.05) is 11.5 Å². The minimum atomic E-state index is -0.372. The summed E-state index contributed by atoms with van der Waals surface area (Å²) in [6.45, 7) is 0. The van der Waals surface area contributed by atoms with Crippen molar-refractivity contribution < 1.29 is 4.79 Å². The molecule has 0 saturated carbocycles. The number of benzene rings is 1. The molecule has 0 heterocycles. The quantitative estimate of drug-likeness (QED) is 0.594. The van der Waals surface area contributed by atoms with E-state index in [1.54, 1.807) is 18.2 Å². The number of anilines is 1. The van der Waals surface area contributed by atoms with Crippen LogP contribution in [0.3, 0.4) is 0 Å². The van der Waals surface area contributed by atoms with Crippen LogP contribution in [0.15, 0.2) is 23.1 Å². The molecule has 0 aliphatic carbocycles. The number of hydrogen-bond acceptors (Lipinski definition) is 3. The van der Waals surface area contributed by atoms with Gasteiger partial charge in [0.15, 0.2) is 0 Å². The van der Waals surface area contributed by atoms with Gasteiger partial charge < -0.3 is 11.5 Å². The van der Waals surface area contributed by atoms with Crippen LogP contribution in [-0.4, -0.2) is 11.7 Å². The van der Waals surface area contributed by atoms with Gasteiger partial charge in [0, 0.05) is 10.6 Å². The van der Waals surface area contributed by atoms with E-state index in [1.807, 2.05) is 0 Å². The maximum Gasteiger partial charge on any atom is 0.227 e. The van der Waals surface area contributed by atoms with E-state index in [-0.39, 0.29) is 11.7 Å². The summed E-state index contributed by atoms with van der Waals surface area (Å²) in [5, 5.41) is 0.584. The van der Waals surface area contributed by atoms with Gasteiger partial charge in [0.25, 0.3) is 0 Å². The van der Waals surface area contributed by atoms with Gasteiger partial charge in [0.1, 0.15) is 0 Å². The molecule has 5 heteroatoms. The van der Waals surface area contributed by atoms with Crippen LogP contribution >= 0.6 is 23.4 Å². The van der Waals surface area contributed by atoms with Gasteiger partial charge in [0.05, 0.1) is 10.8 Å². The fourth-order valence-electron chi connectivity index (χ4n) is 0.779. The van der Waals surface area contributed by atoms with Crippen molar-refractivity contribution in [2.45, 2.75) is 4.90 Å². The van der Waals surface area contributed by atoms with Crippen molar-refractivity contribution in [2.24, 2.45) is 5.73 Å². The van der Waals surface area contributed by atoms with Crippen LogP contribution in [0.25, 0.3) is 0 Å². The van der Waals surface area contributed by atoms with Gasteiger partial charge in [-0.05, 0) is 18.2 Å². The molecule has 0 aliphatic heterocycles. The number of nitrogens with two attached hydrogens (primary N) is 2. The van der Waals surface area contributed by atoms with E-state index in [4.69, 9.17) is 23.1 Å². The van der Waals surface area contributed by atoms with Crippen molar-refractivity contribution in [1.29, 1.82) is 0 Å². The lowest BCUT2D eigenvalue weighted by Crippen LogP contribution is -2.12. The Morgan fingerprint density at radius 2 is 2.23 bits per heavy atom. The molecular formula is C8H9ClN2OS. The number of rotatable bonds is 3. The minimum Gasteiger partial charge on any atom is -0.399 e. The monoisotopic (exact) mass is 216 g/mol. The van der Waals surface area contributed by atoms with Crippen LogP contribution in [0.4, 0.5) is 5.69 Å². The molecule has 0 fully saturated rings. The molecular weight excluding hydrogens is 208 g/mol. The average Bonchev–Trinajstić information content (AvgIpc) is 2.06. The zero-order valence-corrected chi connectivity index (χ0v) is 8.36. The number of hydrogen-bond donors (Lipinski definition) is 2. The predicted octanol–water partition coefficient (Wildman–Crippen LogP) is 1.50. The van der Waals surface area contributed by atoms with Gasteiger partial charge >= 0.3 is 0 Å². The molecule has 1 amide bonds. The van der Waals surface area contributed by atoms with Gasteiger partial charge in [-0.15, -0.1) is 11.8 Å². The maximum atomic E-state index is 10.5. The summed E-state index contributed by atoms with van der Waals surface area (Å²) in [7, 11) is 0. The van der Waals surface area contributed by atoms with Gasteiger partial charge in [-0.25, -0.2) is 0 Å². The molecule has 0 aliphatic rings. The maximum absolute atomic E-state index is 10.5. The van der Waals surface area contributed by atoms with Crippen molar-refractivity contribution in [3.05, 3.63) is 23.2 Å². The second-order valence-electron chi connectivity index (χ2n) is 2.44. The Morgan fingerprint density at radius 3 is 2.85 bits per heavy atom. The number of thioether (sulfide) groups is 1. The van der Waals surface area contributed by atoms with Crippen LogP contribution in [0, 0.1) is 0 Å². The van der Waals surface area contributed by atoms with Gasteiger partial charge in [0.2, 0.25) is 5.91 Å². The zero-order chi connectivity index (χ0) is 9.84. The van der Waals surface area contributed by atoms with E-state index in [2.05, 4.69) is 0 Å². The van der Waals surface area contributed by atoms with E-state index < -0.39 is 0 Å². The Hall–Kier alpha value is -0.870. The predicted molar refractivity (Wildman–Crippen MR) is 55.8 cm³/mol. The smallest absolute Gasteiger partial charge is 0.227 e. The fraction of sp³-hybridized carbons (Fsp3) is 0.125. The normalized spacial score (nSPS) is 9.92. The Kier molecular flexibility index (Phi) is 3.45. The molecule has 0 bridgehead atoms. The highest BCUT2D eigenvalue weighted by Crippen LogP contribution is 2.28. The van der Waals surface area contributed by atoms with Crippen molar-refractivity contribution in [1.82, 2.24) is 0 Å². The largest absolute Gasteiger partial charge is 0.399 e. The summed E-state index contributed by atoms with van der Waals surface area (Å²) in [5.41, 5.74) is 11.2. The highest BCUT2D eigenvalue weighted by Gasteiger charge is 2.03. The molecule has 0 aromatic heterocycles. The van der Waals surface area contributed by atoms with Crippen LogP contribution in [-0.2, 0) is 4.79 Å². The number of amides is 1. The lowest BCUT2D eigenvalue weighted by Gasteiger charge is -2.02. The molecule has 0 spiro atoms. The molecule has 3 nitrogen and oxygen atoms in total. The number of halogens is 1. The molecule has 13 heavy (non-hydrogen) atoms. The Morgan fingerprint density at radius 1 is 1.54 bits per heavy atom. The Bertz CT molecular complexity index is 330. The molecule has 0 atom stereocenters. The third-order valence-corrected chi connectivity index (χ3v) is 2.84. The first-order valence-corrected chi connectivity index (χ1v) is 4.92. The van der Waals surface area contributed by atoms with E-state index in [0.29, 0.717) is 10.7 Å². The van der Waals surface area contributed by atoms with Crippen LogP contribution in [0.1, 0.15) is 0 Å². The fourth-order valence-corrected chi connectivity index (χ4v) is 1.78. The van der Waals surface area contributed by atoms with Crippen LogP contribution < -0.4 is 11.5 Å². The first kappa shape index (κ1) is 10.2. The van der Waals surface area contributed by atoms with E-state index in [0.717, 1.165) is 4.90 Å². The second-order valence-corrected chi connectivity index (χ2v) is 3.87. The minimum absolute atomic E-state index is 0.211. The summed E-state index contributed by atoms with van der Waals surface area (Å²) in [6.07, 6.45) is 0. The molecule has 1 aromatic rings. The van der Waals surface area contributed by atoms with E-state index >= 15 is 0 Å². The van der Waals surface area contributed by atoms with Crippen molar-refractivity contribution in [3.8, 4) is 0 Å². The molecule has 4 N–H and O–H groups in total. The van der Waals surface area contributed by atoms with E-state index in [9.17, 15) is 4.79 Å². The molecule has 0 saturated heterocycles. The van der Waals surface area contributed by atoms with Crippen LogP contribution in [0.2, 0.25) is 5.02 Å². The molecule has 0 unspecified atom stereocenters. The summed E-state index contributed by atoms with van der Waals surface area (Å²) >= 11 is 7.13. The topological polar surface area (TPSA) is 69.1 Å². The molecule has 0 radical (unpaired) electrons. The first-order chi connectivity index (χ1) is 6.09. The molecule has 1 rings (SSSR count). The number of carbonyl (C=O) groups is 1. The average molecular weight is 217 g/mol. The highest BCUT2D eigenvalue weighted by molar-refractivity contribution is 8.00. The third-order valence-electron chi connectivity index (χ3n) is 1.33. The summed E-state index contributed by atoms with van der Waals surface area (Å²) in [5.74, 6) is -0.160. The number of nitrogen functional groups attached to an aromatic ring is 1. The van der Waals surface area contributed by atoms with Gasteiger partial charge in [-0.2, -0.15) is 0 Å². The standard InChI is InChI=1S/C8H9ClN2OS/c9-6-2-1-5(10)3-7(6)13-4-8(11)12/h1-3H,4,10H2,(H2,11,12). The van der Waals surface area contributed by atoms with Crippen LogP contribution in [0.5, 0.6) is 0 Å². The first-order valence-electron chi connectivity index (χ1n) is 3.55. The van der Waals surface area contributed by atoms with Crippen molar-refractivity contribution in [3.63, 3.8) is 0 Å². The summed E-state index contributed by atoms with van der Waals surface area (Å²) in [4.78, 5) is 11.3. The van der Waals surface area contributed by atoms with Crippen molar-refractivity contribution >= 4 is 35.0 Å². The Labute approximate surface area is 85.4 Å². The number of carbonyl (C=O) groups excluding carboxylic acids is 1. The highest BCUT2D eigenvalue weighted by atomic mass is 35.5. The SMILES string of the molecule is NC(=O)CSc1cc(N)ccc1Cl. The van der Waals surface area contributed by atoms with Gasteiger partial charge in [-0.3, -0.25) is 4.79 Å². The van der Waals surface area contributed by atoms with Gasteiger partial charge in [-0.1, -0.05) is 11.6 Å². The molecule has 1 aromatic carbocycles. The summed E-state index contributed by atoms with van der Waals surface area (Å²) < 4.78 is 0.